The SMILES string of the molecule is CC(c1ccc(Cl)cc1)C(CNC(=O)C(C)(C)Oc1cc(F)cc(F)c1)c1cccc(F)c1. The summed E-state index contributed by atoms with van der Waals surface area (Å²) in [5.74, 6) is -2.88. The summed E-state index contributed by atoms with van der Waals surface area (Å²) in [5.41, 5.74) is 0.299. The number of halogens is 4. The smallest absolute Gasteiger partial charge is 0.263 e. The first-order valence-electron chi connectivity index (χ1n) is 10.5. The molecule has 0 aliphatic heterocycles. The van der Waals surface area contributed by atoms with Crippen molar-refractivity contribution in [3.63, 3.8) is 0 Å². The van der Waals surface area contributed by atoms with Crippen molar-refractivity contribution in [2.75, 3.05) is 6.54 Å². The van der Waals surface area contributed by atoms with Gasteiger partial charge in [0.05, 0.1) is 0 Å². The highest BCUT2D eigenvalue weighted by Gasteiger charge is 2.32. The van der Waals surface area contributed by atoms with Crippen molar-refractivity contribution < 1.29 is 22.7 Å². The summed E-state index contributed by atoms with van der Waals surface area (Å²) in [7, 11) is 0. The Balaban J connectivity index is 1.79. The molecule has 0 saturated carbocycles. The summed E-state index contributed by atoms with van der Waals surface area (Å²) in [4.78, 5) is 12.9. The van der Waals surface area contributed by atoms with Gasteiger partial charge < -0.3 is 10.1 Å². The molecule has 0 aliphatic carbocycles. The molecule has 0 radical (unpaired) electrons. The highest BCUT2D eigenvalue weighted by Crippen LogP contribution is 2.33. The van der Waals surface area contributed by atoms with Crippen molar-refractivity contribution in [3.8, 4) is 5.75 Å². The molecule has 1 amide bonds. The summed E-state index contributed by atoms with van der Waals surface area (Å²) >= 11 is 6.01. The molecule has 1 N–H and O–H groups in total. The third-order valence-corrected chi connectivity index (χ3v) is 5.77. The number of benzene rings is 3. The summed E-state index contributed by atoms with van der Waals surface area (Å²) < 4.78 is 46.5. The number of amides is 1. The van der Waals surface area contributed by atoms with Crippen molar-refractivity contribution in [2.45, 2.75) is 38.2 Å². The fourth-order valence-corrected chi connectivity index (χ4v) is 3.79. The van der Waals surface area contributed by atoms with Crippen LogP contribution in [0, 0.1) is 17.5 Å². The zero-order valence-corrected chi connectivity index (χ0v) is 19.3. The average Bonchev–Trinajstić information content (AvgIpc) is 2.73. The quantitative estimate of drug-likeness (QED) is 0.397. The molecule has 2 atom stereocenters. The maximum absolute atomic E-state index is 14.0. The molecular formula is C26H25ClF3NO2. The van der Waals surface area contributed by atoms with Crippen LogP contribution in [0.1, 0.15) is 43.7 Å². The van der Waals surface area contributed by atoms with Crippen LogP contribution in [-0.4, -0.2) is 18.1 Å². The van der Waals surface area contributed by atoms with Gasteiger partial charge in [-0.3, -0.25) is 4.79 Å². The van der Waals surface area contributed by atoms with Crippen molar-refractivity contribution in [1.29, 1.82) is 0 Å². The molecule has 3 aromatic rings. The van der Waals surface area contributed by atoms with E-state index in [0.717, 1.165) is 29.3 Å². The lowest BCUT2D eigenvalue weighted by atomic mass is 9.82. The molecule has 7 heteroatoms. The van der Waals surface area contributed by atoms with Crippen LogP contribution in [0.25, 0.3) is 0 Å². The second-order valence-electron chi connectivity index (χ2n) is 8.43. The Bertz CT molecular complexity index is 1100. The molecule has 0 saturated heterocycles. The maximum Gasteiger partial charge on any atom is 0.263 e. The van der Waals surface area contributed by atoms with Crippen LogP contribution in [-0.2, 0) is 4.79 Å². The molecule has 0 fully saturated rings. The van der Waals surface area contributed by atoms with Crippen LogP contribution in [0.5, 0.6) is 5.75 Å². The molecule has 0 bridgehead atoms. The van der Waals surface area contributed by atoms with E-state index in [2.05, 4.69) is 5.32 Å². The second kappa shape index (κ2) is 10.3. The van der Waals surface area contributed by atoms with Crippen LogP contribution in [0.3, 0.4) is 0 Å². The largest absolute Gasteiger partial charge is 0.478 e. The monoisotopic (exact) mass is 475 g/mol. The molecule has 0 aromatic heterocycles. The van der Waals surface area contributed by atoms with Crippen molar-refractivity contribution >= 4 is 17.5 Å². The van der Waals surface area contributed by atoms with Gasteiger partial charge in [0.25, 0.3) is 5.91 Å². The summed E-state index contributed by atoms with van der Waals surface area (Å²) in [6.07, 6.45) is 0. The van der Waals surface area contributed by atoms with Gasteiger partial charge in [-0.25, -0.2) is 13.2 Å². The Hall–Kier alpha value is -2.99. The standard InChI is InChI=1S/C26H25ClF3NO2/c1-16(17-7-9-19(27)10-8-17)24(18-5-4-6-20(28)11-18)15-31-25(32)26(2,3)33-23-13-21(29)12-22(30)14-23/h4-14,16,24H,15H2,1-3H3,(H,31,32). The van der Waals surface area contributed by atoms with E-state index in [4.69, 9.17) is 16.3 Å². The molecule has 2 unspecified atom stereocenters. The number of carbonyl (C=O) groups excluding carboxylic acids is 1. The van der Waals surface area contributed by atoms with E-state index in [1.54, 1.807) is 18.2 Å². The van der Waals surface area contributed by atoms with E-state index < -0.39 is 23.1 Å². The average molecular weight is 476 g/mol. The predicted molar refractivity (Wildman–Crippen MR) is 123 cm³/mol. The molecule has 0 spiro atoms. The first-order chi connectivity index (χ1) is 15.5. The summed E-state index contributed by atoms with van der Waals surface area (Å²) in [6, 6.07) is 16.3. The van der Waals surface area contributed by atoms with E-state index in [1.807, 2.05) is 25.1 Å². The third-order valence-electron chi connectivity index (χ3n) is 5.51. The Labute approximate surface area is 196 Å². The molecule has 0 heterocycles. The van der Waals surface area contributed by atoms with Crippen LogP contribution in [0.4, 0.5) is 13.2 Å². The van der Waals surface area contributed by atoms with Crippen molar-refractivity contribution in [2.24, 2.45) is 0 Å². The highest BCUT2D eigenvalue weighted by molar-refractivity contribution is 6.30. The van der Waals surface area contributed by atoms with Gasteiger partial charge in [-0.05, 0) is 55.2 Å². The minimum absolute atomic E-state index is 0.0780. The lowest BCUT2D eigenvalue weighted by Gasteiger charge is -2.29. The van der Waals surface area contributed by atoms with Crippen LogP contribution in [0.15, 0.2) is 66.7 Å². The number of rotatable bonds is 8. The predicted octanol–water partition coefficient (Wildman–Crippen LogP) is 6.62. The lowest BCUT2D eigenvalue weighted by Crippen LogP contribution is -2.48. The van der Waals surface area contributed by atoms with E-state index in [0.29, 0.717) is 5.02 Å². The summed E-state index contributed by atoms with van der Waals surface area (Å²) in [5, 5.41) is 3.46. The second-order valence-corrected chi connectivity index (χ2v) is 8.87. The van der Waals surface area contributed by atoms with Gasteiger partial charge >= 0.3 is 0 Å². The Morgan fingerprint density at radius 3 is 2.18 bits per heavy atom. The number of ether oxygens (including phenoxy) is 1. The molecule has 3 rings (SSSR count). The van der Waals surface area contributed by atoms with Crippen LogP contribution >= 0.6 is 11.6 Å². The van der Waals surface area contributed by atoms with Gasteiger partial charge in [-0.15, -0.1) is 0 Å². The molecular weight excluding hydrogens is 451 g/mol. The normalized spacial score (nSPS) is 13.3. The molecule has 33 heavy (non-hydrogen) atoms. The van der Waals surface area contributed by atoms with Gasteiger partial charge in [-0.2, -0.15) is 0 Å². The Kier molecular flexibility index (Phi) is 7.69. The lowest BCUT2D eigenvalue weighted by molar-refractivity contribution is -0.134. The van der Waals surface area contributed by atoms with Crippen LogP contribution in [0.2, 0.25) is 5.02 Å². The maximum atomic E-state index is 14.0. The molecule has 3 aromatic carbocycles. The van der Waals surface area contributed by atoms with E-state index in [-0.39, 0.29) is 29.9 Å². The fourth-order valence-electron chi connectivity index (χ4n) is 3.66. The zero-order chi connectivity index (χ0) is 24.2. The summed E-state index contributed by atoms with van der Waals surface area (Å²) in [6.45, 7) is 5.19. The number of hydrogen-bond acceptors (Lipinski definition) is 2. The topological polar surface area (TPSA) is 38.3 Å². The Morgan fingerprint density at radius 2 is 1.58 bits per heavy atom. The molecule has 3 nitrogen and oxygen atoms in total. The highest BCUT2D eigenvalue weighted by atomic mass is 35.5. The van der Waals surface area contributed by atoms with Crippen molar-refractivity contribution in [1.82, 2.24) is 5.32 Å². The third kappa shape index (κ3) is 6.51. The zero-order valence-electron chi connectivity index (χ0n) is 18.5. The van der Waals surface area contributed by atoms with Crippen molar-refractivity contribution in [3.05, 3.63) is 100 Å². The van der Waals surface area contributed by atoms with Gasteiger partial charge in [0.15, 0.2) is 5.60 Å². The van der Waals surface area contributed by atoms with Gasteiger partial charge in [0.2, 0.25) is 0 Å². The number of hydrogen-bond donors (Lipinski definition) is 1. The Morgan fingerprint density at radius 1 is 0.939 bits per heavy atom. The number of nitrogens with one attached hydrogen (secondary N) is 1. The minimum Gasteiger partial charge on any atom is -0.478 e. The fraction of sp³-hybridized carbons (Fsp3) is 0.269. The molecule has 174 valence electrons. The van der Waals surface area contributed by atoms with Crippen LogP contribution < -0.4 is 10.1 Å². The van der Waals surface area contributed by atoms with E-state index >= 15 is 0 Å². The van der Waals surface area contributed by atoms with E-state index in [9.17, 15) is 18.0 Å². The van der Waals surface area contributed by atoms with Gasteiger partial charge in [0.1, 0.15) is 23.2 Å². The van der Waals surface area contributed by atoms with Gasteiger partial charge in [0, 0.05) is 35.7 Å². The van der Waals surface area contributed by atoms with E-state index in [1.165, 1.54) is 26.0 Å². The van der Waals surface area contributed by atoms with Gasteiger partial charge in [-0.1, -0.05) is 42.8 Å². The number of carbonyl (C=O) groups is 1. The first kappa shape index (κ1) is 24.6. The first-order valence-corrected chi connectivity index (χ1v) is 10.9. The minimum atomic E-state index is -1.41. The molecule has 0 aliphatic rings.